The molecule has 1 aromatic heterocycles. The van der Waals surface area contributed by atoms with Crippen molar-refractivity contribution in [2.75, 3.05) is 14.1 Å². The monoisotopic (exact) mass is 272 g/mol. The first-order valence-electron chi connectivity index (χ1n) is 7.32. The summed E-state index contributed by atoms with van der Waals surface area (Å²) in [5.41, 5.74) is 4.20. The summed E-state index contributed by atoms with van der Waals surface area (Å²) in [5.74, 6) is 0. The first-order valence-corrected chi connectivity index (χ1v) is 7.32. The summed E-state index contributed by atoms with van der Waals surface area (Å²) in [7, 11) is 3.97. The second kappa shape index (κ2) is 6.23. The summed E-state index contributed by atoms with van der Waals surface area (Å²) in [6, 6.07) is 6.22. The molecule has 0 atom stereocenters. The Balaban J connectivity index is 2.53. The van der Waals surface area contributed by atoms with E-state index in [9.17, 15) is 4.79 Å². The molecule has 2 aromatic rings. The van der Waals surface area contributed by atoms with Crippen molar-refractivity contribution in [1.82, 2.24) is 9.88 Å². The minimum Gasteiger partial charge on any atom is -0.358 e. The van der Waals surface area contributed by atoms with Crippen molar-refractivity contribution in [3.8, 4) is 0 Å². The summed E-state index contributed by atoms with van der Waals surface area (Å²) in [4.78, 5) is 18.1. The lowest BCUT2D eigenvalue weighted by Gasteiger charge is -2.13. The minimum absolute atomic E-state index is 0.170. The van der Waals surface area contributed by atoms with Crippen molar-refractivity contribution in [3.63, 3.8) is 0 Å². The number of hydrogen-bond donors (Lipinski definition) is 1. The number of aromatic nitrogens is 1. The smallest absolute Gasteiger partial charge is 0.194 e. The normalized spacial score (nSPS) is 11.4. The summed E-state index contributed by atoms with van der Waals surface area (Å²) in [6.07, 6.45) is 3.39. The molecule has 0 amide bonds. The second-order valence-electron chi connectivity index (χ2n) is 5.78. The van der Waals surface area contributed by atoms with Crippen LogP contribution in [0.3, 0.4) is 0 Å². The van der Waals surface area contributed by atoms with Crippen LogP contribution in [0.2, 0.25) is 0 Å². The van der Waals surface area contributed by atoms with Crippen LogP contribution in [0.4, 0.5) is 0 Å². The van der Waals surface area contributed by atoms with Gasteiger partial charge in [0.25, 0.3) is 0 Å². The number of rotatable bonds is 5. The van der Waals surface area contributed by atoms with Gasteiger partial charge in [0.1, 0.15) is 0 Å². The van der Waals surface area contributed by atoms with Crippen LogP contribution in [0.15, 0.2) is 23.0 Å². The molecule has 0 radical (unpaired) electrons. The lowest BCUT2D eigenvalue weighted by atomic mass is 10.0. The third kappa shape index (κ3) is 3.10. The summed E-state index contributed by atoms with van der Waals surface area (Å²) >= 11 is 0. The predicted octanol–water partition coefficient (Wildman–Crippen LogP) is 3.24. The van der Waals surface area contributed by atoms with Crippen LogP contribution in [-0.2, 0) is 13.0 Å². The van der Waals surface area contributed by atoms with Gasteiger partial charge in [0.2, 0.25) is 0 Å². The van der Waals surface area contributed by atoms with E-state index in [0.29, 0.717) is 6.54 Å². The molecular formula is C17H24N2O. The van der Waals surface area contributed by atoms with E-state index in [0.717, 1.165) is 28.6 Å². The zero-order valence-corrected chi connectivity index (χ0v) is 12.9. The fourth-order valence-corrected chi connectivity index (χ4v) is 2.54. The summed E-state index contributed by atoms with van der Waals surface area (Å²) in [6.45, 7) is 4.84. The predicted molar refractivity (Wildman–Crippen MR) is 85.3 cm³/mol. The quantitative estimate of drug-likeness (QED) is 0.907. The fourth-order valence-electron chi connectivity index (χ4n) is 2.54. The van der Waals surface area contributed by atoms with Crippen molar-refractivity contribution in [2.45, 2.75) is 39.7 Å². The van der Waals surface area contributed by atoms with Crippen LogP contribution in [0.5, 0.6) is 0 Å². The van der Waals surface area contributed by atoms with Gasteiger partial charge in [-0.05, 0) is 51.6 Å². The lowest BCUT2D eigenvalue weighted by Crippen LogP contribution is -2.21. The molecule has 1 heterocycles. The third-order valence-electron chi connectivity index (χ3n) is 3.67. The Morgan fingerprint density at radius 3 is 2.65 bits per heavy atom. The van der Waals surface area contributed by atoms with Gasteiger partial charge in [-0.25, -0.2) is 0 Å². The molecule has 0 aliphatic heterocycles. The Morgan fingerprint density at radius 2 is 2.00 bits per heavy atom. The Bertz CT molecular complexity index is 656. The summed E-state index contributed by atoms with van der Waals surface area (Å²) in [5, 5.41) is 0.820. The third-order valence-corrected chi connectivity index (χ3v) is 3.67. The van der Waals surface area contributed by atoms with Crippen LogP contribution in [0.1, 0.15) is 36.6 Å². The highest BCUT2D eigenvalue weighted by molar-refractivity contribution is 5.80. The Morgan fingerprint density at radius 1 is 1.25 bits per heavy atom. The molecule has 1 N–H and O–H groups in total. The van der Waals surface area contributed by atoms with E-state index in [1.807, 2.05) is 32.0 Å². The van der Waals surface area contributed by atoms with Gasteiger partial charge in [0.15, 0.2) is 5.43 Å². The molecule has 0 saturated heterocycles. The van der Waals surface area contributed by atoms with Crippen molar-refractivity contribution in [3.05, 3.63) is 45.2 Å². The van der Waals surface area contributed by atoms with Crippen molar-refractivity contribution < 1.29 is 0 Å². The van der Waals surface area contributed by atoms with Gasteiger partial charge in [-0.1, -0.05) is 19.4 Å². The van der Waals surface area contributed by atoms with Gasteiger partial charge < -0.3 is 9.88 Å². The number of aryl methyl sites for hydroxylation is 2. The number of aromatic amines is 1. The minimum atomic E-state index is 0.170. The van der Waals surface area contributed by atoms with Crippen LogP contribution in [-0.4, -0.2) is 24.0 Å². The molecule has 0 bridgehead atoms. The van der Waals surface area contributed by atoms with E-state index in [4.69, 9.17) is 0 Å². The Hall–Kier alpha value is -1.61. The SMILES string of the molecule is CCCCc1ccc2[nH]c(C)c(CN(C)C)c(=O)c2c1. The zero-order chi connectivity index (χ0) is 14.7. The highest BCUT2D eigenvalue weighted by Gasteiger charge is 2.10. The van der Waals surface area contributed by atoms with E-state index < -0.39 is 0 Å². The molecular weight excluding hydrogens is 248 g/mol. The molecule has 1 aromatic carbocycles. The van der Waals surface area contributed by atoms with Gasteiger partial charge in [-0.2, -0.15) is 0 Å². The molecule has 0 spiro atoms. The number of benzene rings is 1. The average molecular weight is 272 g/mol. The van der Waals surface area contributed by atoms with Crippen LogP contribution >= 0.6 is 0 Å². The van der Waals surface area contributed by atoms with Crippen molar-refractivity contribution in [1.29, 1.82) is 0 Å². The molecule has 3 nitrogen and oxygen atoms in total. The molecule has 0 aliphatic carbocycles. The first-order chi connectivity index (χ1) is 9.52. The van der Waals surface area contributed by atoms with Gasteiger partial charge in [-0.15, -0.1) is 0 Å². The molecule has 0 fully saturated rings. The van der Waals surface area contributed by atoms with Crippen LogP contribution < -0.4 is 5.43 Å². The van der Waals surface area contributed by atoms with Crippen LogP contribution in [0, 0.1) is 6.92 Å². The second-order valence-corrected chi connectivity index (χ2v) is 5.78. The van der Waals surface area contributed by atoms with E-state index >= 15 is 0 Å². The molecule has 0 aliphatic rings. The Kier molecular flexibility index (Phi) is 4.61. The molecule has 2 rings (SSSR count). The average Bonchev–Trinajstić information content (AvgIpc) is 2.41. The maximum Gasteiger partial charge on any atom is 0.194 e. The van der Waals surface area contributed by atoms with E-state index in [2.05, 4.69) is 24.0 Å². The number of unbranched alkanes of at least 4 members (excludes halogenated alkanes) is 1. The topological polar surface area (TPSA) is 36.1 Å². The van der Waals surface area contributed by atoms with Crippen molar-refractivity contribution in [2.24, 2.45) is 0 Å². The number of H-pyrrole nitrogens is 1. The maximum atomic E-state index is 12.7. The molecule has 20 heavy (non-hydrogen) atoms. The van der Waals surface area contributed by atoms with E-state index in [1.165, 1.54) is 18.4 Å². The van der Waals surface area contributed by atoms with Crippen molar-refractivity contribution >= 4 is 10.9 Å². The number of nitrogens with zero attached hydrogens (tertiary/aromatic N) is 1. The molecule has 0 saturated carbocycles. The summed E-state index contributed by atoms with van der Waals surface area (Å²) < 4.78 is 0. The Labute approximate surface area is 120 Å². The molecule has 3 heteroatoms. The molecule has 108 valence electrons. The number of hydrogen-bond acceptors (Lipinski definition) is 2. The molecule has 0 unspecified atom stereocenters. The van der Waals surface area contributed by atoms with E-state index in [1.54, 1.807) is 0 Å². The highest BCUT2D eigenvalue weighted by atomic mass is 16.1. The standard InChI is InChI=1S/C17H24N2O/c1-5-6-7-13-8-9-16-14(10-13)17(20)15(11-19(3)4)12(2)18-16/h8-10H,5-7,11H2,1-4H3,(H,18,20). The number of nitrogens with one attached hydrogen (secondary N) is 1. The highest BCUT2D eigenvalue weighted by Crippen LogP contribution is 2.15. The largest absolute Gasteiger partial charge is 0.358 e. The number of fused-ring (bicyclic) bond motifs is 1. The van der Waals surface area contributed by atoms with Gasteiger partial charge in [0.05, 0.1) is 0 Å². The van der Waals surface area contributed by atoms with E-state index in [-0.39, 0.29) is 5.43 Å². The van der Waals surface area contributed by atoms with Crippen LogP contribution in [0.25, 0.3) is 10.9 Å². The maximum absolute atomic E-state index is 12.7. The van der Waals surface area contributed by atoms with Gasteiger partial charge in [-0.3, -0.25) is 4.79 Å². The zero-order valence-electron chi connectivity index (χ0n) is 12.9. The fraction of sp³-hybridized carbons (Fsp3) is 0.471. The lowest BCUT2D eigenvalue weighted by molar-refractivity contribution is 0.400. The first kappa shape index (κ1) is 14.8. The van der Waals surface area contributed by atoms with Gasteiger partial charge in [0, 0.05) is 28.7 Å². The number of pyridine rings is 1. The van der Waals surface area contributed by atoms with Gasteiger partial charge >= 0.3 is 0 Å².